The van der Waals surface area contributed by atoms with Crippen molar-refractivity contribution >= 4 is 5.69 Å². The predicted octanol–water partition coefficient (Wildman–Crippen LogP) is 4.24. The molecule has 0 radical (unpaired) electrons. The Kier molecular flexibility index (Phi) is 5.23. The van der Waals surface area contributed by atoms with Crippen molar-refractivity contribution in [3.63, 3.8) is 0 Å². The number of hydrogen-bond acceptors (Lipinski definition) is 1. The molecule has 0 heterocycles. The monoisotopic (exact) mass is 205 g/mol. The number of aryl methyl sites for hydroxylation is 1. The van der Waals surface area contributed by atoms with E-state index in [1.54, 1.807) is 0 Å². The highest BCUT2D eigenvalue weighted by Crippen LogP contribution is 2.18. The van der Waals surface area contributed by atoms with Gasteiger partial charge in [0.15, 0.2) is 0 Å². The number of hydrogen-bond donors (Lipinski definition) is 1. The third-order valence-electron chi connectivity index (χ3n) is 2.66. The first-order chi connectivity index (χ1) is 7.27. The number of anilines is 1. The molecule has 15 heavy (non-hydrogen) atoms. The zero-order chi connectivity index (χ0) is 11.1. The smallest absolute Gasteiger partial charge is 0.0374 e. The molecule has 1 aromatic carbocycles. The van der Waals surface area contributed by atoms with Crippen LogP contribution in [0.4, 0.5) is 5.69 Å². The molecule has 84 valence electrons. The van der Waals surface area contributed by atoms with E-state index in [1.807, 2.05) is 0 Å². The van der Waals surface area contributed by atoms with E-state index in [1.165, 1.54) is 36.9 Å². The summed E-state index contributed by atoms with van der Waals surface area (Å²) in [5.41, 5.74) is 2.77. The minimum Gasteiger partial charge on any atom is -0.382 e. The summed E-state index contributed by atoms with van der Waals surface area (Å²) < 4.78 is 0. The lowest BCUT2D eigenvalue weighted by Crippen LogP contribution is -2.15. The molecule has 0 aromatic heterocycles. The summed E-state index contributed by atoms with van der Waals surface area (Å²) in [6.07, 6.45) is 4.85. The first-order valence-corrected chi connectivity index (χ1v) is 6.12. The number of para-hydroxylation sites is 1. The molecule has 0 saturated carbocycles. The topological polar surface area (TPSA) is 12.0 Å². The maximum absolute atomic E-state index is 3.60. The van der Waals surface area contributed by atoms with Crippen molar-refractivity contribution in [1.29, 1.82) is 0 Å². The second-order valence-corrected chi connectivity index (χ2v) is 4.24. The normalized spacial score (nSPS) is 12.5. The first kappa shape index (κ1) is 12.1. The lowest BCUT2D eigenvalue weighted by molar-refractivity contribution is 0.689. The van der Waals surface area contributed by atoms with E-state index in [4.69, 9.17) is 0 Å². The molecular formula is C14H23N. The van der Waals surface area contributed by atoms with Crippen LogP contribution in [0.1, 0.15) is 45.6 Å². The molecule has 0 spiro atoms. The van der Waals surface area contributed by atoms with Gasteiger partial charge in [-0.1, -0.05) is 44.9 Å². The first-order valence-electron chi connectivity index (χ1n) is 6.12. The minimum absolute atomic E-state index is 0.577. The van der Waals surface area contributed by atoms with Crippen LogP contribution in [-0.4, -0.2) is 6.04 Å². The molecule has 1 heteroatoms. The maximum Gasteiger partial charge on any atom is 0.0374 e. The van der Waals surface area contributed by atoms with Gasteiger partial charge in [-0.15, -0.1) is 0 Å². The summed E-state index contributed by atoms with van der Waals surface area (Å²) in [4.78, 5) is 0. The SMILES string of the molecule is CCCc1ccccc1NC(C)CCC. The van der Waals surface area contributed by atoms with Crippen LogP contribution in [-0.2, 0) is 6.42 Å². The number of benzene rings is 1. The Morgan fingerprint density at radius 2 is 1.87 bits per heavy atom. The van der Waals surface area contributed by atoms with Crippen LogP contribution in [0.15, 0.2) is 24.3 Å². The van der Waals surface area contributed by atoms with Gasteiger partial charge >= 0.3 is 0 Å². The Labute approximate surface area is 93.9 Å². The van der Waals surface area contributed by atoms with Gasteiger partial charge in [-0.05, 0) is 31.4 Å². The molecule has 1 nitrogen and oxygen atoms in total. The van der Waals surface area contributed by atoms with Crippen LogP contribution in [0.25, 0.3) is 0 Å². The van der Waals surface area contributed by atoms with Crippen LogP contribution < -0.4 is 5.32 Å². The summed E-state index contributed by atoms with van der Waals surface area (Å²) in [5.74, 6) is 0. The Hall–Kier alpha value is -0.980. The molecule has 1 rings (SSSR count). The molecule has 1 aromatic rings. The average molecular weight is 205 g/mol. The van der Waals surface area contributed by atoms with Crippen LogP contribution >= 0.6 is 0 Å². The molecule has 0 saturated heterocycles. The molecule has 0 bridgehead atoms. The largest absolute Gasteiger partial charge is 0.382 e. The zero-order valence-electron chi connectivity index (χ0n) is 10.2. The highest BCUT2D eigenvalue weighted by atomic mass is 14.9. The molecule has 0 aliphatic carbocycles. The van der Waals surface area contributed by atoms with Crippen molar-refractivity contribution in [3.05, 3.63) is 29.8 Å². The van der Waals surface area contributed by atoms with E-state index in [0.717, 1.165) is 0 Å². The predicted molar refractivity (Wildman–Crippen MR) is 68.4 cm³/mol. The van der Waals surface area contributed by atoms with Crippen LogP contribution in [0.3, 0.4) is 0 Å². The lowest BCUT2D eigenvalue weighted by atomic mass is 10.1. The van der Waals surface area contributed by atoms with Crippen molar-refractivity contribution in [2.24, 2.45) is 0 Å². The Morgan fingerprint density at radius 1 is 1.13 bits per heavy atom. The van der Waals surface area contributed by atoms with Crippen LogP contribution in [0, 0.1) is 0 Å². The molecule has 1 atom stereocenters. The molecule has 0 aliphatic rings. The summed E-state index contributed by atoms with van der Waals surface area (Å²) in [6.45, 7) is 6.72. The Balaban J connectivity index is 2.66. The second-order valence-electron chi connectivity index (χ2n) is 4.24. The van der Waals surface area contributed by atoms with Gasteiger partial charge < -0.3 is 5.32 Å². The van der Waals surface area contributed by atoms with Gasteiger partial charge in [0.1, 0.15) is 0 Å². The second kappa shape index (κ2) is 6.49. The van der Waals surface area contributed by atoms with Crippen molar-refractivity contribution in [2.75, 3.05) is 5.32 Å². The van der Waals surface area contributed by atoms with Crippen molar-refractivity contribution in [1.82, 2.24) is 0 Å². The van der Waals surface area contributed by atoms with Gasteiger partial charge in [0.2, 0.25) is 0 Å². The van der Waals surface area contributed by atoms with Crippen molar-refractivity contribution in [2.45, 2.75) is 52.5 Å². The summed E-state index contributed by atoms with van der Waals surface area (Å²) >= 11 is 0. The maximum atomic E-state index is 3.60. The van der Waals surface area contributed by atoms with Gasteiger partial charge in [-0.25, -0.2) is 0 Å². The third kappa shape index (κ3) is 3.94. The minimum atomic E-state index is 0.577. The van der Waals surface area contributed by atoms with Gasteiger partial charge in [0.05, 0.1) is 0 Å². The fraction of sp³-hybridized carbons (Fsp3) is 0.571. The standard InChI is InChI=1S/C14H23N/c1-4-8-12(3)15-14-11-7-6-10-13(14)9-5-2/h6-7,10-12,15H,4-5,8-9H2,1-3H3. The van der Waals surface area contributed by atoms with E-state index >= 15 is 0 Å². The van der Waals surface area contributed by atoms with Crippen molar-refractivity contribution < 1.29 is 0 Å². The Morgan fingerprint density at radius 3 is 2.53 bits per heavy atom. The number of nitrogens with one attached hydrogen (secondary N) is 1. The fourth-order valence-corrected chi connectivity index (χ4v) is 1.92. The summed E-state index contributed by atoms with van der Waals surface area (Å²) in [7, 11) is 0. The molecule has 1 N–H and O–H groups in total. The molecule has 0 amide bonds. The lowest BCUT2D eigenvalue weighted by Gasteiger charge is -2.17. The van der Waals surface area contributed by atoms with E-state index < -0.39 is 0 Å². The van der Waals surface area contributed by atoms with Gasteiger partial charge in [0.25, 0.3) is 0 Å². The van der Waals surface area contributed by atoms with Crippen LogP contribution in [0.5, 0.6) is 0 Å². The van der Waals surface area contributed by atoms with Gasteiger partial charge in [-0.2, -0.15) is 0 Å². The summed E-state index contributed by atoms with van der Waals surface area (Å²) in [6, 6.07) is 9.23. The van der Waals surface area contributed by atoms with E-state index in [-0.39, 0.29) is 0 Å². The molecule has 1 unspecified atom stereocenters. The van der Waals surface area contributed by atoms with E-state index in [9.17, 15) is 0 Å². The number of rotatable bonds is 6. The van der Waals surface area contributed by atoms with Crippen molar-refractivity contribution in [3.8, 4) is 0 Å². The highest BCUT2D eigenvalue weighted by Gasteiger charge is 2.04. The third-order valence-corrected chi connectivity index (χ3v) is 2.66. The van der Waals surface area contributed by atoms with Crippen LogP contribution in [0.2, 0.25) is 0 Å². The summed E-state index contributed by atoms with van der Waals surface area (Å²) in [5, 5.41) is 3.60. The van der Waals surface area contributed by atoms with E-state index in [0.29, 0.717) is 6.04 Å². The van der Waals surface area contributed by atoms with Gasteiger partial charge in [0, 0.05) is 11.7 Å². The molecule has 0 aliphatic heterocycles. The van der Waals surface area contributed by atoms with Gasteiger partial charge in [-0.3, -0.25) is 0 Å². The average Bonchev–Trinajstić information content (AvgIpc) is 2.21. The highest BCUT2D eigenvalue weighted by molar-refractivity contribution is 5.51. The quantitative estimate of drug-likeness (QED) is 0.732. The van der Waals surface area contributed by atoms with E-state index in [2.05, 4.69) is 50.4 Å². The fourth-order valence-electron chi connectivity index (χ4n) is 1.92. The molecular weight excluding hydrogens is 182 g/mol. The Bertz CT molecular complexity index is 280. The zero-order valence-corrected chi connectivity index (χ0v) is 10.2. The molecule has 0 fully saturated rings.